The molecule has 7 nitrogen and oxygen atoms in total. The smallest absolute Gasteiger partial charge is 0.341 e. The highest BCUT2D eigenvalue weighted by Crippen LogP contribution is 2.19. The maximum Gasteiger partial charge on any atom is 0.341 e. The predicted molar refractivity (Wildman–Crippen MR) is 110 cm³/mol. The van der Waals surface area contributed by atoms with E-state index in [0.717, 1.165) is 0 Å². The molecular weight excluding hydrogens is 372 g/mol. The molecule has 2 amide bonds. The largest absolute Gasteiger partial charge is 0.497 e. The first kappa shape index (κ1) is 21.9. The predicted octanol–water partition coefficient (Wildman–Crippen LogP) is 3.27. The van der Waals surface area contributed by atoms with Gasteiger partial charge in [-0.3, -0.25) is 9.59 Å². The van der Waals surface area contributed by atoms with E-state index in [4.69, 9.17) is 9.47 Å². The minimum Gasteiger partial charge on any atom is -0.497 e. The van der Waals surface area contributed by atoms with Crippen LogP contribution in [0.2, 0.25) is 0 Å². The topological polar surface area (TPSA) is 93.7 Å². The van der Waals surface area contributed by atoms with Gasteiger partial charge in [0.1, 0.15) is 5.75 Å². The van der Waals surface area contributed by atoms with Gasteiger partial charge in [0, 0.05) is 12.1 Å². The first-order chi connectivity index (χ1) is 13.8. The molecule has 0 unspecified atom stereocenters. The van der Waals surface area contributed by atoms with Crippen LogP contribution in [0.4, 0.5) is 5.69 Å². The van der Waals surface area contributed by atoms with E-state index in [9.17, 15) is 14.4 Å². The number of carbonyl (C=O) groups excluding carboxylic acids is 3. The van der Waals surface area contributed by atoms with Crippen LogP contribution in [0.15, 0.2) is 48.5 Å². The number of ether oxygens (including phenoxy) is 2. The molecule has 0 bridgehead atoms. The Labute approximate surface area is 170 Å². The molecule has 0 saturated carbocycles. The van der Waals surface area contributed by atoms with Crippen LogP contribution < -0.4 is 15.4 Å². The van der Waals surface area contributed by atoms with Crippen molar-refractivity contribution in [3.8, 4) is 5.75 Å². The highest BCUT2D eigenvalue weighted by molar-refractivity contribution is 6.08. The van der Waals surface area contributed by atoms with E-state index in [2.05, 4.69) is 10.6 Å². The Morgan fingerprint density at radius 1 is 0.966 bits per heavy atom. The summed E-state index contributed by atoms with van der Waals surface area (Å²) in [6, 6.07) is 13.1. The van der Waals surface area contributed by atoms with Crippen molar-refractivity contribution in [2.45, 2.75) is 26.9 Å². The summed E-state index contributed by atoms with van der Waals surface area (Å²) in [5, 5.41) is 5.43. The van der Waals surface area contributed by atoms with E-state index < -0.39 is 12.1 Å². The number of amides is 2. The lowest BCUT2D eigenvalue weighted by molar-refractivity contribution is -0.129. The molecule has 0 aromatic heterocycles. The molecule has 2 aromatic carbocycles. The molecule has 154 valence electrons. The summed E-state index contributed by atoms with van der Waals surface area (Å²) in [6.07, 6.45) is -0.952. The van der Waals surface area contributed by atoms with Crippen molar-refractivity contribution in [2.24, 2.45) is 5.92 Å². The Balaban J connectivity index is 2.07. The first-order valence-corrected chi connectivity index (χ1v) is 9.35. The van der Waals surface area contributed by atoms with E-state index >= 15 is 0 Å². The summed E-state index contributed by atoms with van der Waals surface area (Å²) in [5.41, 5.74) is 0.876. The van der Waals surface area contributed by atoms with Crippen LogP contribution in [0.3, 0.4) is 0 Å². The third-order valence-corrected chi connectivity index (χ3v) is 4.08. The van der Waals surface area contributed by atoms with E-state index in [0.29, 0.717) is 23.5 Å². The molecule has 0 aliphatic rings. The Hall–Kier alpha value is -3.35. The molecule has 1 atom stereocenters. The highest BCUT2D eigenvalue weighted by Gasteiger charge is 2.21. The van der Waals surface area contributed by atoms with Crippen LogP contribution in [0, 0.1) is 5.92 Å². The van der Waals surface area contributed by atoms with E-state index in [1.54, 1.807) is 49.6 Å². The second kappa shape index (κ2) is 10.3. The van der Waals surface area contributed by atoms with Gasteiger partial charge in [-0.15, -0.1) is 0 Å². The zero-order valence-corrected chi connectivity index (χ0v) is 17.0. The molecule has 0 aliphatic heterocycles. The van der Waals surface area contributed by atoms with Gasteiger partial charge in [0.25, 0.3) is 11.8 Å². The minimum atomic E-state index is -0.952. The number of esters is 1. The van der Waals surface area contributed by atoms with E-state index in [1.165, 1.54) is 13.0 Å². The molecule has 0 aliphatic carbocycles. The van der Waals surface area contributed by atoms with Crippen molar-refractivity contribution < 1.29 is 23.9 Å². The number of nitrogens with one attached hydrogen (secondary N) is 2. The summed E-state index contributed by atoms with van der Waals surface area (Å²) >= 11 is 0. The zero-order chi connectivity index (χ0) is 21.4. The third-order valence-electron chi connectivity index (χ3n) is 4.08. The Morgan fingerprint density at radius 2 is 1.62 bits per heavy atom. The van der Waals surface area contributed by atoms with Crippen molar-refractivity contribution in [3.05, 3.63) is 59.7 Å². The molecule has 0 saturated heterocycles. The molecule has 0 fully saturated rings. The summed E-state index contributed by atoms with van der Waals surface area (Å²) in [5.74, 6) is -0.517. The van der Waals surface area contributed by atoms with Crippen LogP contribution in [-0.4, -0.2) is 37.5 Å². The van der Waals surface area contributed by atoms with Crippen molar-refractivity contribution in [1.82, 2.24) is 5.32 Å². The standard InChI is InChI=1S/C22H26N2O5/c1-14(2)13-23-20(25)15(3)29-22(27)18-7-5-6-8-19(18)24-21(26)16-9-11-17(28-4)12-10-16/h5-12,14-15H,13H2,1-4H3,(H,23,25)(H,24,26)/t15-/m0/s1. The Bertz CT molecular complexity index is 862. The molecule has 29 heavy (non-hydrogen) atoms. The molecule has 0 heterocycles. The highest BCUT2D eigenvalue weighted by atomic mass is 16.5. The van der Waals surface area contributed by atoms with Gasteiger partial charge < -0.3 is 20.1 Å². The van der Waals surface area contributed by atoms with Gasteiger partial charge in [0.2, 0.25) is 0 Å². The second-order valence-electron chi connectivity index (χ2n) is 6.91. The Kier molecular flexibility index (Phi) is 7.77. The van der Waals surface area contributed by atoms with Crippen molar-refractivity contribution >= 4 is 23.5 Å². The maximum absolute atomic E-state index is 12.5. The molecule has 0 spiro atoms. The number of anilines is 1. The maximum atomic E-state index is 12.5. The van der Waals surface area contributed by atoms with Crippen LogP contribution in [0.1, 0.15) is 41.5 Å². The lowest BCUT2D eigenvalue weighted by Gasteiger charge is -2.16. The van der Waals surface area contributed by atoms with Gasteiger partial charge in [-0.2, -0.15) is 0 Å². The summed E-state index contributed by atoms with van der Waals surface area (Å²) in [4.78, 5) is 37.1. The molecule has 0 radical (unpaired) electrons. The molecule has 2 N–H and O–H groups in total. The molecular formula is C22H26N2O5. The minimum absolute atomic E-state index is 0.165. The van der Waals surface area contributed by atoms with Gasteiger partial charge in [-0.1, -0.05) is 26.0 Å². The average Bonchev–Trinajstić information content (AvgIpc) is 2.72. The van der Waals surface area contributed by atoms with Gasteiger partial charge in [-0.25, -0.2) is 4.79 Å². The van der Waals surface area contributed by atoms with E-state index in [1.807, 2.05) is 13.8 Å². The van der Waals surface area contributed by atoms with Crippen LogP contribution in [-0.2, 0) is 9.53 Å². The third kappa shape index (κ3) is 6.34. The van der Waals surface area contributed by atoms with Gasteiger partial charge in [0.15, 0.2) is 6.10 Å². The van der Waals surface area contributed by atoms with Crippen LogP contribution in [0.5, 0.6) is 5.75 Å². The lowest BCUT2D eigenvalue weighted by atomic mass is 10.1. The number of hydrogen-bond acceptors (Lipinski definition) is 5. The SMILES string of the molecule is COc1ccc(C(=O)Nc2ccccc2C(=O)O[C@@H](C)C(=O)NCC(C)C)cc1. The number of rotatable bonds is 8. The molecule has 2 aromatic rings. The summed E-state index contributed by atoms with van der Waals surface area (Å²) < 4.78 is 10.3. The monoisotopic (exact) mass is 398 g/mol. The van der Waals surface area contributed by atoms with Gasteiger partial charge in [-0.05, 0) is 49.2 Å². The molecule has 2 rings (SSSR count). The number of methoxy groups -OCH3 is 1. The molecule has 7 heteroatoms. The number of carbonyl (C=O) groups is 3. The van der Waals surface area contributed by atoms with Crippen LogP contribution in [0.25, 0.3) is 0 Å². The van der Waals surface area contributed by atoms with Gasteiger partial charge >= 0.3 is 5.97 Å². The van der Waals surface area contributed by atoms with Crippen molar-refractivity contribution in [2.75, 3.05) is 19.0 Å². The normalized spacial score (nSPS) is 11.5. The number of para-hydroxylation sites is 1. The second-order valence-corrected chi connectivity index (χ2v) is 6.91. The number of hydrogen-bond donors (Lipinski definition) is 2. The fraction of sp³-hybridized carbons (Fsp3) is 0.318. The van der Waals surface area contributed by atoms with Crippen molar-refractivity contribution in [1.29, 1.82) is 0 Å². The number of benzene rings is 2. The fourth-order valence-corrected chi connectivity index (χ4v) is 2.43. The lowest BCUT2D eigenvalue weighted by Crippen LogP contribution is -2.37. The van der Waals surface area contributed by atoms with Crippen molar-refractivity contribution in [3.63, 3.8) is 0 Å². The fourth-order valence-electron chi connectivity index (χ4n) is 2.43. The zero-order valence-electron chi connectivity index (χ0n) is 17.0. The Morgan fingerprint density at radius 3 is 2.24 bits per heavy atom. The van der Waals surface area contributed by atoms with Crippen LogP contribution >= 0.6 is 0 Å². The summed E-state index contributed by atoms with van der Waals surface area (Å²) in [7, 11) is 1.54. The van der Waals surface area contributed by atoms with Gasteiger partial charge in [0.05, 0.1) is 18.4 Å². The quantitative estimate of drug-likeness (QED) is 0.666. The first-order valence-electron chi connectivity index (χ1n) is 9.35. The summed E-state index contributed by atoms with van der Waals surface area (Å²) in [6.45, 7) is 5.94. The average molecular weight is 398 g/mol. The van der Waals surface area contributed by atoms with E-state index in [-0.39, 0.29) is 23.3 Å².